The maximum Gasteiger partial charge on any atom is 0.137 e. The van der Waals surface area contributed by atoms with Crippen LogP contribution in [0.3, 0.4) is 0 Å². The Hall–Kier alpha value is -0.960. The Balaban J connectivity index is 2.89. The van der Waals surface area contributed by atoms with Crippen LogP contribution in [-0.2, 0) is 4.79 Å². The molecule has 0 fully saturated rings. The van der Waals surface area contributed by atoms with Gasteiger partial charge in [-0.1, -0.05) is 12.1 Å². The summed E-state index contributed by atoms with van der Waals surface area (Å²) < 4.78 is 0. The van der Waals surface area contributed by atoms with Gasteiger partial charge in [0, 0.05) is 5.69 Å². The van der Waals surface area contributed by atoms with Crippen molar-refractivity contribution in [3.63, 3.8) is 0 Å². The van der Waals surface area contributed by atoms with Crippen LogP contribution in [0.1, 0.15) is 10.8 Å². The van der Waals surface area contributed by atoms with Crippen molar-refractivity contribution in [3.8, 4) is 0 Å². The lowest BCUT2D eigenvalue weighted by atomic mass is 10.1. The molecule has 0 amide bonds. The average Bonchev–Trinajstić information content (AvgIpc) is 2.05. The number of anilines is 1. The summed E-state index contributed by atoms with van der Waals surface area (Å²) in [5.41, 5.74) is 7.02. The zero-order chi connectivity index (χ0) is 8.27. The van der Waals surface area contributed by atoms with Crippen molar-refractivity contribution in [1.82, 2.24) is 0 Å². The van der Waals surface area contributed by atoms with Gasteiger partial charge in [0.15, 0.2) is 0 Å². The Morgan fingerprint density at radius 1 is 1.36 bits per heavy atom. The van der Waals surface area contributed by atoms with E-state index in [2.05, 4.69) is 12.6 Å². The van der Waals surface area contributed by atoms with E-state index >= 15 is 0 Å². The van der Waals surface area contributed by atoms with Crippen LogP contribution in [0.4, 0.5) is 5.69 Å². The largest absolute Gasteiger partial charge is 0.399 e. The van der Waals surface area contributed by atoms with Crippen LogP contribution in [0.5, 0.6) is 0 Å². The lowest BCUT2D eigenvalue weighted by Gasteiger charge is -2.01. The quantitative estimate of drug-likeness (QED) is 0.397. The Labute approximate surface area is 70.8 Å². The number of carbonyl (C=O) groups excluding carboxylic acids is 1. The van der Waals surface area contributed by atoms with Gasteiger partial charge in [-0.3, -0.25) is 0 Å². The van der Waals surface area contributed by atoms with Gasteiger partial charge >= 0.3 is 0 Å². The van der Waals surface area contributed by atoms with E-state index in [0.717, 1.165) is 11.8 Å². The molecule has 0 spiro atoms. The number of aldehydes is 1. The summed E-state index contributed by atoms with van der Waals surface area (Å²) >= 11 is 4.04. The highest BCUT2D eigenvalue weighted by Crippen LogP contribution is 2.17. The molecule has 1 aromatic rings. The third-order valence-corrected chi connectivity index (χ3v) is 1.83. The number of rotatable bonds is 2. The topological polar surface area (TPSA) is 43.1 Å². The molecule has 0 aliphatic heterocycles. The molecule has 0 heterocycles. The van der Waals surface area contributed by atoms with Gasteiger partial charge < -0.3 is 10.5 Å². The molecule has 0 aliphatic carbocycles. The summed E-state index contributed by atoms with van der Waals surface area (Å²) in [5, 5.41) is -0.337. The van der Waals surface area contributed by atoms with Gasteiger partial charge in [0.25, 0.3) is 0 Å². The predicted molar refractivity (Wildman–Crippen MR) is 48.6 cm³/mol. The molecular weight excluding hydrogens is 158 g/mol. The Morgan fingerprint density at radius 2 is 1.91 bits per heavy atom. The first-order valence-electron chi connectivity index (χ1n) is 3.23. The van der Waals surface area contributed by atoms with E-state index in [0.29, 0.717) is 5.69 Å². The molecule has 0 saturated heterocycles. The third kappa shape index (κ3) is 1.98. The van der Waals surface area contributed by atoms with Crippen molar-refractivity contribution in [3.05, 3.63) is 29.8 Å². The Morgan fingerprint density at radius 3 is 2.36 bits per heavy atom. The fourth-order valence-electron chi connectivity index (χ4n) is 0.772. The molecule has 11 heavy (non-hydrogen) atoms. The lowest BCUT2D eigenvalue weighted by Crippen LogP contribution is -1.91. The van der Waals surface area contributed by atoms with E-state index in [9.17, 15) is 4.79 Å². The van der Waals surface area contributed by atoms with Gasteiger partial charge in [0.2, 0.25) is 0 Å². The highest BCUT2D eigenvalue weighted by molar-refractivity contribution is 7.81. The molecule has 0 saturated carbocycles. The highest BCUT2D eigenvalue weighted by atomic mass is 32.1. The van der Waals surface area contributed by atoms with Crippen LogP contribution in [0, 0.1) is 0 Å². The van der Waals surface area contributed by atoms with Gasteiger partial charge in [-0.2, -0.15) is 12.6 Å². The molecule has 0 aliphatic rings. The average molecular weight is 167 g/mol. The molecule has 3 heteroatoms. The molecule has 1 atom stereocenters. The van der Waals surface area contributed by atoms with Gasteiger partial charge in [-0.25, -0.2) is 0 Å². The zero-order valence-electron chi connectivity index (χ0n) is 5.90. The van der Waals surface area contributed by atoms with E-state index in [1.807, 2.05) is 0 Å². The summed E-state index contributed by atoms with van der Waals surface area (Å²) in [6.45, 7) is 0. The number of carbonyl (C=O) groups is 1. The minimum Gasteiger partial charge on any atom is -0.399 e. The first-order chi connectivity index (χ1) is 5.24. The van der Waals surface area contributed by atoms with Crippen molar-refractivity contribution in [2.75, 3.05) is 5.73 Å². The lowest BCUT2D eigenvalue weighted by molar-refractivity contribution is -0.107. The minimum atomic E-state index is -0.337. The summed E-state index contributed by atoms with van der Waals surface area (Å²) in [6, 6.07) is 7.09. The number of thiol groups is 1. The molecule has 0 radical (unpaired) electrons. The van der Waals surface area contributed by atoms with Gasteiger partial charge in [-0.15, -0.1) is 0 Å². The summed E-state index contributed by atoms with van der Waals surface area (Å²) in [4.78, 5) is 10.3. The van der Waals surface area contributed by atoms with E-state index in [1.165, 1.54) is 0 Å². The standard InChI is InChI=1S/C8H9NOS/c9-7-3-1-6(2-4-7)8(11)5-10/h1-5,8,11H,9H2. The van der Waals surface area contributed by atoms with Crippen LogP contribution in [0.15, 0.2) is 24.3 Å². The van der Waals surface area contributed by atoms with Crippen molar-refractivity contribution < 1.29 is 4.79 Å². The van der Waals surface area contributed by atoms with Gasteiger partial charge in [0.05, 0.1) is 5.25 Å². The summed E-state index contributed by atoms with van der Waals surface area (Å²) in [6.07, 6.45) is 0.786. The first-order valence-corrected chi connectivity index (χ1v) is 3.74. The number of benzene rings is 1. The molecular formula is C8H9NOS. The Bertz CT molecular complexity index is 245. The van der Waals surface area contributed by atoms with Crippen LogP contribution in [-0.4, -0.2) is 6.29 Å². The minimum absolute atomic E-state index is 0.337. The van der Waals surface area contributed by atoms with Gasteiger partial charge in [0.1, 0.15) is 6.29 Å². The van der Waals surface area contributed by atoms with Crippen LogP contribution in [0.2, 0.25) is 0 Å². The summed E-state index contributed by atoms with van der Waals surface area (Å²) in [7, 11) is 0. The maximum absolute atomic E-state index is 10.3. The molecule has 1 unspecified atom stereocenters. The highest BCUT2D eigenvalue weighted by Gasteiger charge is 2.02. The zero-order valence-corrected chi connectivity index (χ0v) is 6.79. The Kier molecular flexibility index (Phi) is 2.54. The second-order valence-corrected chi connectivity index (χ2v) is 2.80. The molecule has 1 aromatic carbocycles. The fourth-order valence-corrected chi connectivity index (χ4v) is 0.944. The number of hydrogen-bond donors (Lipinski definition) is 2. The SMILES string of the molecule is Nc1ccc(C(S)C=O)cc1. The summed E-state index contributed by atoms with van der Waals surface area (Å²) in [5.74, 6) is 0. The van der Waals surface area contributed by atoms with E-state index in [4.69, 9.17) is 5.73 Å². The van der Waals surface area contributed by atoms with Crippen LogP contribution < -0.4 is 5.73 Å². The van der Waals surface area contributed by atoms with Gasteiger partial charge in [-0.05, 0) is 17.7 Å². The monoisotopic (exact) mass is 167 g/mol. The number of nitrogen functional groups attached to an aromatic ring is 1. The number of nitrogens with two attached hydrogens (primary N) is 1. The maximum atomic E-state index is 10.3. The van der Waals surface area contributed by atoms with Crippen LogP contribution >= 0.6 is 12.6 Å². The second kappa shape index (κ2) is 3.44. The third-order valence-electron chi connectivity index (χ3n) is 1.41. The molecule has 0 bridgehead atoms. The molecule has 58 valence electrons. The van der Waals surface area contributed by atoms with E-state index < -0.39 is 0 Å². The van der Waals surface area contributed by atoms with Crippen molar-refractivity contribution in [1.29, 1.82) is 0 Å². The second-order valence-electron chi connectivity index (χ2n) is 2.25. The van der Waals surface area contributed by atoms with Crippen molar-refractivity contribution >= 4 is 24.6 Å². The normalized spacial score (nSPS) is 12.5. The fraction of sp³-hybridized carbons (Fsp3) is 0.125. The molecule has 0 aromatic heterocycles. The van der Waals surface area contributed by atoms with Crippen molar-refractivity contribution in [2.45, 2.75) is 5.25 Å². The molecule has 1 rings (SSSR count). The molecule has 2 nitrogen and oxygen atoms in total. The smallest absolute Gasteiger partial charge is 0.137 e. The van der Waals surface area contributed by atoms with Crippen LogP contribution in [0.25, 0.3) is 0 Å². The van der Waals surface area contributed by atoms with E-state index in [-0.39, 0.29) is 5.25 Å². The van der Waals surface area contributed by atoms with E-state index in [1.54, 1.807) is 24.3 Å². The predicted octanol–water partition coefficient (Wildman–Crippen LogP) is 1.44. The molecule has 2 N–H and O–H groups in total. The first kappa shape index (κ1) is 8.14. The van der Waals surface area contributed by atoms with Crippen molar-refractivity contribution in [2.24, 2.45) is 0 Å². The number of hydrogen-bond acceptors (Lipinski definition) is 3.